The van der Waals surface area contributed by atoms with Gasteiger partial charge in [-0.25, -0.2) is 4.99 Å². The average molecular weight is 416 g/mol. The van der Waals surface area contributed by atoms with Gasteiger partial charge in [-0.15, -0.1) is 24.0 Å². The van der Waals surface area contributed by atoms with Crippen LogP contribution in [0.2, 0.25) is 0 Å². The molecule has 6 heteroatoms. The van der Waals surface area contributed by atoms with Gasteiger partial charge in [-0.1, -0.05) is 6.07 Å². The van der Waals surface area contributed by atoms with Crippen molar-refractivity contribution < 1.29 is 0 Å². The second-order valence-electron chi connectivity index (χ2n) is 4.45. The van der Waals surface area contributed by atoms with Crippen molar-refractivity contribution in [1.82, 2.24) is 15.6 Å². The lowest BCUT2D eigenvalue weighted by molar-refractivity contribution is 0.795. The van der Waals surface area contributed by atoms with E-state index in [0.29, 0.717) is 13.1 Å². The van der Waals surface area contributed by atoms with Crippen LogP contribution in [0.1, 0.15) is 23.7 Å². The van der Waals surface area contributed by atoms with E-state index in [4.69, 9.17) is 0 Å². The minimum Gasteiger partial charge on any atom is -0.357 e. The molecule has 2 aromatic heterocycles. The highest BCUT2D eigenvalue weighted by molar-refractivity contribution is 14.0. The first-order valence-electron chi connectivity index (χ1n) is 6.73. The number of aliphatic imine (C=N–C) groups is 1. The number of thiophene rings is 1. The van der Waals surface area contributed by atoms with Crippen molar-refractivity contribution in [3.05, 3.63) is 52.0 Å². The lowest BCUT2D eigenvalue weighted by Gasteiger charge is -2.11. The van der Waals surface area contributed by atoms with E-state index in [9.17, 15) is 0 Å². The highest BCUT2D eigenvalue weighted by Gasteiger charge is 2.01. The Morgan fingerprint density at radius 1 is 1.33 bits per heavy atom. The summed E-state index contributed by atoms with van der Waals surface area (Å²) < 4.78 is 0. The Kier molecular flexibility index (Phi) is 8.29. The van der Waals surface area contributed by atoms with Gasteiger partial charge in [-0.3, -0.25) is 4.98 Å². The van der Waals surface area contributed by atoms with E-state index in [2.05, 4.69) is 57.4 Å². The molecule has 0 fully saturated rings. The predicted molar refractivity (Wildman–Crippen MR) is 100 cm³/mol. The summed E-state index contributed by atoms with van der Waals surface area (Å²) in [5, 5.41) is 10.8. The predicted octanol–water partition coefficient (Wildman–Crippen LogP) is 3.32. The molecule has 0 unspecified atom stereocenters. The Labute approximate surface area is 147 Å². The van der Waals surface area contributed by atoms with Gasteiger partial charge in [0, 0.05) is 12.7 Å². The third-order valence-corrected chi connectivity index (χ3v) is 3.62. The summed E-state index contributed by atoms with van der Waals surface area (Å²) in [4.78, 5) is 8.95. The molecule has 0 aliphatic rings. The summed E-state index contributed by atoms with van der Waals surface area (Å²) in [6.07, 6.45) is 1.82. The van der Waals surface area contributed by atoms with Gasteiger partial charge in [0.05, 0.1) is 18.8 Å². The number of nitrogens with one attached hydrogen (secondary N) is 2. The molecule has 114 valence electrons. The van der Waals surface area contributed by atoms with E-state index in [1.165, 1.54) is 11.1 Å². The first-order valence-corrected chi connectivity index (χ1v) is 7.67. The quantitative estimate of drug-likeness (QED) is 0.447. The summed E-state index contributed by atoms with van der Waals surface area (Å²) in [6.45, 7) is 6.35. The van der Waals surface area contributed by atoms with Crippen molar-refractivity contribution in [2.75, 3.05) is 6.54 Å². The Morgan fingerprint density at radius 2 is 2.19 bits per heavy atom. The van der Waals surface area contributed by atoms with Crippen molar-refractivity contribution in [2.45, 2.75) is 26.9 Å². The van der Waals surface area contributed by atoms with E-state index >= 15 is 0 Å². The maximum atomic E-state index is 4.57. The fourth-order valence-electron chi connectivity index (χ4n) is 1.77. The minimum absolute atomic E-state index is 0. The summed E-state index contributed by atoms with van der Waals surface area (Å²) >= 11 is 1.70. The number of halogens is 1. The van der Waals surface area contributed by atoms with Crippen LogP contribution in [-0.2, 0) is 13.1 Å². The molecule has 0 bridgehead atoms. The molecule has 0 spiro atoms. The van der Waals surface area contributed by atoms with Crippen LogP contribution in [0.3, 0.4) is 0 Å². The molecule has 4 nitrogen and oxygen atoms in total. The average Bonchev–Trinajstić information content (AvgIpc) is 2.97. The Morgan fingerprint density at radius 3 is 2.86 bits per heavy atom. The number of aryl methyl sites for hydroxylation is 1. The van der Waals surface area contributed by atoms with Crippen LogP contribution >= 0.6 is 35.3 Å². The molecule has 2 aromatic rings. The second-order valence-corrected chi connectivity index (χ2v) is 5.23. The Hall–Kier alpha value is -1.15. The number of pyridine rings is 1. The SMILES string of the molecule is CCNC(=NCc1ccsc1)NCc1ncccc1C.I. The van der Waals surface area contributed by atoms with Crippen molar-refractivity contribution in [3.8, 4) is 0 Å². The Bertz CT molecular complexity index is 555. The van der Waals surface area contributed by atoms with Gasteiger partial charge in [0.1, 0.15) is 0 Å². The van der Waals surface area contributed by atoms with Gasteiger partial charge in [0.25, 0.3) is 0 Å². The highest BCUT2D eigenvalue weighted by atomic mass is 127. The molecule has 0 saturated carbocycles. The maximum Gasteiger partial charge on any atom is 0.191 e. The van der Waals surface area contributed by atoms with Crippen LogP contribution in [0.25, 0.3) is 0 Å². The van der Waals surface area contributed by atoms with Gasteiger partial charge in [-0.2, -0.15) is 11.3 Å². The molecule has 0 aliphatic heterocycles. The van der Waals surface area contributed by atoms with Crippen LogP contribution < -0.4 is 10.6 Å². The smallest absolute Gasteiger partial charge is 0.191 e. The summed E-state index contributed by atoms with van der Waals surface area (Å²) in [5.74, 6) is 0.823. The minimum atomic E-state index is 0. The molecule has 2 N–H and O–H groups in total. The van der Waals surface area contributed by atoms with E-state index in [1.54, 1.807) is 11.3 Å². The van der Waals surface area contributed by atoms with Crippen molar-refractivity contribution in [2.24, 2.45) is 4.99 Å². The van der Waals surface area contributed by atoms with Gasteiger partial charge >= 0.3 is 0 Å². The van der Waals surface area contributed by atoms with Gasteiger partial charge in [0.15, 0.2) is 5.96 Å². The molecular weight excluding hydrogens is 395 g/mol. The lowest BCUT2D eigenvalue weighted by atomic mass is 10.2. The van der Waals surface area contributed by atoms with Crippen molar-refractivity contribution in [1.29, 1.82) is 0 Å². The molecule has 0 aliphatic carbocycles. The lowest BCUT2D eigenvalue weighted by Crippen LogP contribution is -2.37. The number of aromatic nitrogens is 1. The standard InChI is InChI=1S/C15H20N4S.HI/c1-3-16-15(18-9-13-6-8-20-11-13)19-10-14-12(2)5-4-7-17-14;/h4-8,11H,3,9-10H2,1-2H3,(H2,16,18,19);1H. The fraction of sp³-hybridized carbons (Fsp3) is 0.333. The fourth-order valence-corrected chi connectivity index (χ4v) is 2.43. The van der Waals surface area contributed by atoms with Crippen LogP contribution in [-0.4, -0.2) is 17.5 Å². The van der Waals surface area contributed by atoms with E-state index in [1.807, 2.05) is 12.3 Å². The molecule has 21 heavy (non-hydrogen) atoms. The molecule has 0 amide bonds. The summed E-state index contributed by atoms with van der Waals surface area (Å²) in [7, 11) is 0. The van der Waals surface area contributed by atoms with Gasteiger partial charge in [0.2, 0.25) is 0 Å². The van der Waals surface area contributed by atoms with E-state index in [0.717, 1.165) is 18.2 Å². The van der Waals surface area contributed by atoms with Crippen LogP contribution in [0, 0.1) is 6.92 Å². The number of hydrogen-bond acceptors (Lipinski definition) is 3. The zero-order valence-electron chi connectivity index (χ0n) is 12.3. The molecular formula is C15H21IN4S. The monoisotopic (exact) mass is 416 g/mol. The molecule has 0 aromatic carbocycles. The second kappa shape index (κ2) is 9.73. The van der Waals surface area contributed by atoms with Crippen LogP contribution in [0.5, 0.6) is 0 Å². The third kappa shape index (κ3) is 6.01. The first-order chi connectivity index (χ1) is 9.79. The number of nitrogens with zero attached hydrogens (tertiary/aromatic N) is 2. The number of hydrogen-bond donors (Lipinski definition) is 2. The molecule has 0 saturated heterocycles. The zero-order chi connectivity index (χ0) is 14.2. The zero-order valence-corrected chi connectivity index (χ0v) is 15.4. The molecule has 0 radical (unpaired) electrons. The first kappa shape index (κ1) is 17.9. The third-order valence-electron chi connectivity index (χ3n) is 2.89. The highest BCUT2D eigenvalue weighted by Crippen LogP contribution is 2.07. The largest absolute Gasteiger partial charge is 0.357 e. The number of guanidine groups is 1. The van der Waals surface area contributed by atoms with E-state index in [-0.39, 0.29) is 24.0 Å². The maximum absolute atomic E-state index is 4.57. The normalized spacial score (nSPS) is 10.9. The molecule has 2 heterocycles. The Balaban J connectivity index is 0.00000220. The van der Waals surface area contributed by atoms with Crippen molar-refractivity contribution in [3.63, 3.8) is 0 Å². The topological polar surface area (TPSA) is 49.3 Å². The molecule has 2 rings (SSSR count). The van der Waals surface area contributed by atoms with Crippen LogP contribution in [0.15, 0.2) is 40.1 Å². The molecule has 0 atom stereocenters. The number of rotatable bonds is 5. The van der Waals surface area contributed by atoms with Crippen LogP contribution in [0.4, 0.5) is 0 Å². The van der Waals surface area contributed by atoms with Gasteiger partial charge < -0.3 is 10.6 Å². The van der Waals surface area contributed by atoms with Gasteiger partial charge in [-0.05, 0) is 47.9 Å². The summed E-state index contributed by atoms with van der Waals surface area (Å²) in [6, 6.07) is 6.12. The van der Waals surface area contributed by atoms with E-state index < -0.39 is 0 Å². The summed E-state index contributed by atoms with van der Waals surface area (Å²) in [5.41, 5.74) is 3.48. The van der Waals surface area contributed by atoms with Crippen molar-refractivity contribution >= 4 is 41.3 Å².